The molecule has 0 radical (unpaired) electrons. The molecule has 0 amide bonds. The van der Waals surface area contributed by atoms with Gasteiger partial charge in [0, 0.05) is 34.9 Å². The number of aromatic nitrogens is 1. The molecule has 0 saturated heterocycles. The van der Waals surface area contributed by atoms with Crippen molar-refractivity contribution in [2.75, 3.05) is 20.7 Å². The molecule has 0 fully saturated rings. The maximum atomic E-state index is 5.36. The number of rotatable bonds is 6. The van der Waals surface area contributed by atoms with Crippen LogP contribution in [0.2, 0.25) is 0 Å². The molecule has 27 heavy (non-hydrogen) atoms. The highest BCUT2D eigenvalue weighted by Gasteiger charge is 2.07. The van der Waals surface area contributed by atoms with E-state index in [1.807, 2.05) is 6.07 Å². The van der Waals surface area contributed by atoms with E-state index in [4.69, 9.17) is 4.74 Å². The van der Waals surface area contributed by atoms with E-state index in [9.17, 15) is 0 Å². The molecule has 1 N–H and O–H groups in total. The first-order valence-electron chi connectivity index (χ1n) is 9.04. The molecule has 4 heteroatoms. The van der Waals surface area contributed by atoms with Gasteiger partial charge in [-0.2, -0.15) is 0 Å². The van der Waals surface area contributed by atoms with Crippen molar-refractivity contribution < 1.29 is 4.74 Å². The Labute approximate surface area is 166 Å². The minimum absolute atomic E-state index is 0. The molecular formula is C23H25ClN2O. The van der Waals surface area contributed by atoms with Crippen LogP contribution in [-0.2, 0) is 13.0 Å². The summed E-state index contributed by atoms with van der Waals surface area (Å²) in [4.78, 5) is 5.90. The highest BCUT2D eigenvalue weighted by atomic mass is 35.5. The summed E-state index contributed by atoms with van der Waals surface area (Å²) in [5.41, 5.74) is 5.06. The molecule has 0 aliphatic rings. The predicted octanol–water partition coefficient (Wildman–Crippen LogP) is 5.43. The second kappa shape index (κ2) is 8.47. The van der Waals surface area contributed by atoms with Gasteiger partial charge in [-0.25, -0.2) is 0 Å². The molecular weight excluding hydrogens is 356 g/mol. The quantitative estimate of drug-likeness (QED) is 0.483. The summed E-state index contributed by atoms with van der Waals surface area (Å²) in [5, 5.41) is 2.47. The Kier molecular flexibility index (Phi) is 6.04. The van der Waals surface area contributed by atoms with E-state index < -0.39 is 0 Å². The average Bonchev–Trinajstić information content (AvgIpc) is 3.04. The maximum Gasteiger partial charge on any atom is 0.119 e. The first-order valence-corrected chi connectivity index (χ1v) is 9.04. The minimum atomic E-state index is 0. The number of ether oxygens (including phenoxy) is 1. The van der Waals surface area contributed by atoms with Crippen molar-refractivity contribution in [1.29, 1.82) is 0 Å². The van der Waals surface area contributed by atoms with Crippen molar-refractivity contribution in [2.45, 2.75) is 13.0 Å². The molecule has 0 unspecified atom stereocenters. The predicted molar refractivity (Wildman–Crippen MR) is 116 cm³/mol. The second-order valence-corrected chi connectivity index (χ2v) is 6.89. The zero-order valence-corrected chi connectivity index (χ0v) is 16.6. The number of fused-ring (bicyclic) bond motifs is 3. The fourth-order valence-corrected chi connectivity index (χ4v) is 3.51. The van der Waals surface area contributed by atoms with E-state index in [0.29, 0.717) is 0 Å². The van der Waals surface area contributed by atoms with Crippen LogP contribution in [0.3, 0.4) is 0 Å². The van der Waals surface area contributed by atoms with Crippen molar-refractivity contribution in [3.05, 3.63) is 77.9 Å². The number of likely N-dealkylation sites (N-methyl/N-ethyl adjacent to an activating group) is 1. The van der Waals surface area contributed by atoms with Crippen molar-refractivity contribution in [2.24, 2.45) is 0 Å². The molecule has 1 heterocycles. The van der Waals surface area contributed by atoms with Crippen LogP contribution in [0.4, 0.5) is 0 Å². The van der Waals surface area contributed by atoms with Crippen molar-refractivity contribution in [3.8, 4) is 5.75 Å². The standard InChI is InChI=1S/C23H24N2O.ClH/c1-25(16-18-6-4-3-5-7-18)13-12-17-8-10-20-21-15-19(26-2)9-11-22(21)24-23(20)14-17;/h3-11,14-15,24H,12-13,16H2,1-2H3;1H. The van der Waals surface area contributed by atoms with Gasteiger partial charge >= 0.3 is 0 Å². The van der Waals surface area contributed by atoms with Gasteiger partial charge in [0.05, 0.1) is 7.11 Å². The lowest BCUT2D eigenvalue weighted by Gasteiger charge is -2.16. The summed E-state index contributed by atoms with van der Waals surface area (Å²) in [7, 11) is 3.89. The highest BCUT2D eigenvalue weighted by molar-refractivity contribution is 6.07. The van der Waals surface area contributed by atoms with Crippen molar-refractivity contribution in [3.63, 3.8) is 0 Å². The summed E-state index contributed by atoms with van der Waals surface area (Å²) in [6.07, 6.45) is 1.04. The van der Waals surface area contributed by atoms with Crippen LogP contribution in [0, 0.1) is 0 Å². The zero-order chi connectivity index (χ0) is 17.9. The maximum absolute atomic E-state index is 5.36. The Morgan fingerprint density at radius 3 is 2.44 bits per heavy atom. The Balaban J connectivity index is 0.00000210. The third-order valence-electron chi connectivity index (χ3n) is 4.95. The average molecular weight is 381 g/mol. The Hall–Kier alpha value is -2.49. The number of aromatic amines is 1. The van der Waals surface area contributed by atoms with Gasteiger partial charge in [0.1, 0.15) is 5.75 Å². The van der Waals surface area contributed by atoms with Gasteiger partial charge in [0.2, 0.25) is 0 Å². The smallest absolute Gasteiger partial charge is 0.119 e. The summed E-state index contributed by atoms with van der Waals surface area (Å²) in [5.74, 6) is 0.894. The first-order chi connectivity index (χ1) is 12.7. The van der Waals surface area contributed by atoms with Crippen molar-refractivity contribution >= 4 is 34.2 Å². The van der Waals surface area contributed by atoms with Gasteiger partial charge in [0.25, 0.3) is 0 Å². The SMILES string of the molecule is COc1ccc2[nH]c3cc(CCN(C)Cc4ccccc4)ccc3c2c1.Cl. The Bertz CT molecular complexity index is 1030. The summed E-state index contributed by atoms with van der Waals surface area (Å²) < 4.78 is 5.36. The van der Waals surface area contributed by atoms with E-state index in [-0.39, 0.29) is 12.4 Å². The number of hydrogen-bond donors (Lipinski definition) is 1. The molecule has 0 spiro atoms. The number of nitrogens with zero attached hydrogens (tertiary/aromatic N) is 1. The zero-order valence-electron chi connectivity index (χ0n) is 15.7. The van der Waals surface area contributed by atoms with E-state index in [1.165, 1.54) is 27.4 Å². The van der Waals surface area contributed by atoms with Crippen LogP contribution >= 0.6 is 12.4 Å². The number of nitrogens with one attached hydrogen (secondary N) is 1. The van der Waals surface area contributed by atoms with Gasteiger partial charge in [-0.05, 0) is 48.9 Å². The largest absolute Gasteiger partial charge is 0.497 e. The highest BCUT2D eigenvalue weighted by Crippen LogP contribution is 2.29. The van der Waals surface area contributed by atoms with Crippen LogP contribution in [0.25, 0.3) is 21.8 Å². The number of hydrogen-bond acceptors (Lipinski definition) is 2. The topological polar surface area (TPSA) is 28.3 Å². The first kappa shape index (κ1) is 19.3. The lowest BCUT2D eigenvalue weighted by atomic mass is 10.1. The monoisotopic (exact) mass is 380 g/mol. The molecule has 0 aliphatic heterocycles. The fraction of sp³-hybridized carbons (Fsp3) is 0.217. The van der Waals surface area contributed by atoms with E-state index >= 15 is 0 Å². The number of halogens is 1. The molecule has 0 atom stereocenters. The van der Waals surface area contributed by atoms with Gasteiger partial charge < -0.3 is 14.6 Å². The van der Waals surface area contributed by atoms with Gasteiger partial charge in [0.15, 0.2) is 0 Å². The van der Waals surface area contributed by atoms with Gasteiger partial charge in [-0.3, -0.25) is 0 Å². The number of H-pyrrole nitrogens is 1. The lowest BCUT2D eigenvalue weighted by Crippen LogP contribution is -2.20. The minimum Gasteiger partial charge on any atom is -0.497 e. The second-order valence-electron chi connectivity index (χ2n) is 6.89. The molecule has 3 aromatic carbocycles. The lowest BCUT2D eigenvalue weighted by molar-refractivity contribution is 0.331. The number of methoxy groups -OCH3 is 1. The van der Waals surface area contributed by atoms with Crippen LogP contribution in [-0.4, -0.2) is 30.6 Å². The van der Waals surface area contributed by atoms with E-state index in [1.54, 1.807) is 7.11 Å². The van der Waals surface area contributed by atoms with Crippen LogP contribution in [0.5, 0.6) is 5.75 Å². The summed E-state index contributed by atoms with van der Waals surface area (Å²) in [6, 6.07) is 23.5. The molecule has 4 aromatic rings. The van der Waals surface area contributed by atoms with Gasteiger partial charge in [-0.1, -0.05) is 42.5 Å². The molecule has 4 rings (SSSR count). The molecule has 0 saturated carbocycles. The normalized spacial score (nSPS) is 11.1. The summed E-state index contributed by atoms with van der Waals surface area (Å²) in [6.45, 7) is 2.02. The van der Waals surface area contributed by atoms with E-state index in [0.717, 1.165) is 30.8 Å². The van der Waals surface area contributed by atoms with Crippen LogP contribution in [0.1, 0.15) is 11.1 Å². The molecule has 1 aromatic heterocycles. The molecule has 0 bridgehead atoms. The Morgan fingerprint density at radius 2 is 1.67 bits per heavy atom. The number of benzene rings is 3. The van der Waals surface area contributed by atoms with Crippen molar-refractivity contribution in [1.82, 2.24) is 9.88 Å². The van der Waals surface area contributed by atoms with Crippen LogP contribution in [0.15, 0.2) is 66.7 Å². The molecule has 140 valence electrons. The molecule has 0 aliphatic carbocycles. The molecule has 3 nitrogen and oxygen atoms in total. The Morgan fingerprint density at radius 1 is 0.852 bits per heavy atom. The third kappa shape index (κ3) is 4.26. The summed E-state index contributed by atoms with van der Waals surface area (Å²) >= 11 is 0. The van der Waals surface area contributed by atoms with E-state index in [2.05, 4.69) is 77.6 Å². The van der Waals surface area contributed by atoms with Gasteiger partial charge in [-0.15, -0.1) is 12.4 Å². The fourth-order valence-electron chi connectivity index (χ4n) is 3.51. The third-order valence-corrected chi connectivity index (χ3v) is 4.95. The van der Waals surface area contributed by atoms with Crippen LogP contribution < -0.4 is 4.74 Å².